The molecule has 17 heavy (non-hydrogen) atoms. The van der Waals surface area contributed by atoms with E-state index in [-0.39, 0.29) is 12.8 Å². The number of aryl methyl sites for hydroxylation is 2. The molecule has 0 unspecified atom stereocenters. The van der Waals surface area contributed by atoms with Crippen molar-refractivity contribution in [2.75, 3.05) is 0 Å². The largest absolute Gasteiger partial charge is 0.481 e. The van der Waals surface area contributed by atoms with Gasteiger partial charge in [0.2, 0.25) is 5.89 Å². The molecule has 0 aliphatic heterocycles. The Morgan fingerprint density at radius 2 is 2.35 bits per heavy atom. The fraction of sp³-hybridized carbons (Fsp3) is 0.400. The van der Waals surface area contributed by atoms with Gasteiger partial charge in [-0.2, -0.15) is 4.98 Å². The predicted octanol–water partition coefficient (Wildman–Crippen LogP) is 1.44. The lowest BCUT2D eigenvalue weighted by Gasteiger charge is -1.88. The molecule has 0 aliphatic rings. The average Bonchev–Trinajstić information content (AvgIpc) is 2.86. The zero-order valence-corrected chi connectivity index (χ0v) is 10.0. The van der Waals surface area contributed by atoms with E-state index in [9.17, 15) is 4.79 Å². The summed E-state index contributed by atoms with van der Waals surface area (Å²) in [6, 6.07) is 0. The molecule has 0 aliphatic carbocycles. The molecule has 0 fully saturated rings. The van der Waals surface area contributed by atoms with Crippen LogP contribution >= 0.6 is 11.3 Å². The normalized spacial score (nSPS) is 10.6. The first-order chi connectivity index (χ1) is 8.13. The lowest BCUT2D eigenvalue weighted by molar-refractivity contribution is -0.137. The number of aromatic nitrogens is 3. The lowest BCUT2D eigenvalue weighted by Crippen LogP contribution is -1.98. The number of carboxylic acid groups (broad SMARTS) is 1. The van der Waals surface area contributed by atoms with E-state index in [0.29, 0.717) is 18.1 Å². The van der Waals surface area contributed by atoms with E-state index < -0.39 is 5.97 Å². The van der Waals surface area contributed by atoms with Gasteiger partial charge in [-0.3, -0.25) is 4.79 Å². The Balaban J connectivity index is 1.96. The van der Waals surface area contributed by atoms with Crippen LogP contribution in [-0.2, 0) is 17.6 Å². The minimum atomic E-state index is -0.875. The highest BCUT2D eigenvalue weighted by Crippen LogP contribution is 2.12. The zero-order valence-electron chi connectivity index (χ0n) is 9.21. The molecule has 0 radical (unpaired) electrons. The molecule has 0 bridgehead atoms. The van der Waals surface area contributed by atoms with Crippen LogP contribution in [0.25, 0.3) is 0 Å². The van der Waals surface area contributed by atoms with Gasteiger partial charge < -0.3 is 9.63 Å². The molecule has 2 aromatic heterocycles. The van der Waals surface area contributed by atoms with Crippen molar-refractivity contribution in [1.82, 2.24) is 15.1 Å². The molecule has 0 saturated carbocycles. The second-order valence-electron chi connectivity index (χ2n) is 3.56. The van der Waals surface area contributed by atoms with Gasteiger partial charge in [0.1, 0.15) is 5.01 Å². The second-order valence-corrected chi connectivity index (χ2v) is 4.50. The molecule has 0 aromatic carbocycles. The number of carboxylic acids is 1. The molecular formula is C10H11N3O3S. The van der Waals surface area contributed by atoms with Crippen molar-refractivity contribution in [2.45, 2.75) is 26.2 Å². The van der Waals surface area contributed by atoms with Gasteiger partial charge in [-0.25, -0.2) is 4.98 Å². The Labute approximate surface area is 101 Å². The maximum absolute atomic E-state index is 10.4. The van der Waals surface area contributed by atoms with E-state index in [0.717, 1.165) is 10.7 Å². The van der Waals surface area contributed by atoms with E-state index in [4.69, 9.17) is 9.63 Å². The van der Waals surface area contributed by atoms with Crippen molar-refractivity contribution in [3.63, 3.8) is 0 Å². The van der Waals surface area contributed by atoms with Gasteiger partial charge in [0, 0.05) is 17.5 Å². The first-order valence-electron chi connectivity index (χ1n) is 5.08. The van der Waals surface area contributed by atoms with Crippen LogP contribution in [-0.4, -0.2) is 26.2 Å². The summed E-state index contributed by atoms with van der Waals surface area (Å²) in [5, 5.41) is 15.2. The Morgan fingerprint density at radius 1 is 1.53 bits per heavy atom. The Kier molecular flexibility index (Phi) is 3.48. The first kappa shape index (κ1) is 11.7. The van der Waals surface area contributed by atoms with Gasteiger partial charge in [-0.15, -0.1) is 11.3 Å². The smallest absolute Gasteiger partial charge is 0.303 e. The third-order valence-electron chi connectivity index (χ3n) is 2.04. The van der Waals surface area contributed by atoms with Crippen molar-refractivity contribution >= 4 is 17.3 Å². The van der Waals surface area contributed by atoms with Crippen LogP contribution in [0.5, 0.6) is 0 Å². The summed E-state index contributed by atoms with van der Waals surface area (Å²) < 4.78 is 4.95. The molecule has 2 heterocycles. The summed E-state index contributed by atoms with van der Waals surface area (Å²) in [5.74, 6) is 0.0238. The predicted molar refractivity (Wildman–Crippen MR) is 59.9 cm³/mol. The van der Waals surface area contributed by atoms with Crippen LogP contribution in [0.4, 0.5) is 0 Å². The summed E-state index contributed by atoms with van der Waals surface area (Å²) >= 11 is 1.54. The minimum Gasteiger partial charge on any atom is -0.481 e. The van der Waals surface area contributed by atoms with E-state index >= 15 is 0 Å². The number of rotatable bonds is 5. The highest BCUT2D eigenvalue weighted by atomic mass is 32.1. The summed E-state index contributed by atoms with van der Waals surface area (Å²) in [6.07, 6.45) is 0.784. The highest BCUT2D eigenvalue weighted by Gasteiger charge is 2.10. The fourth-order valence-corrected chi connectivity index (χ4v) is 2.06. The SMILES string of the molecule is Cc1csc(Cc2noc(CCC(=O)O)n2)n1. The van der Waals surface area contributed by atoms with Gasteiger partial charge >= 0.3 is 5.97 Å². The fourth-order valence-electron chi connectivity index (χ4n) is 1.30. The molecule has 2 rings (SSSR count). The molecular weight excluding hydrogens is 242 g/mol. The lowest BCUT2D eigenvalue weighted by atomic mass is 10.3. The zero-order chi connectivity index (χ0) is 12.3. The third kappa shape index (κ3) is 3.35. The first-order valence-corrected chi connectivity index (χ1v) is 5.95. The van der Waals surface area contributed by atoms with E-state index in [2.05, 4.69) is 15.1 Å². The quantitative estimate of drug-likeness (QED) is 0.867. The van der Waals surface area contributed by atoms with Crippen molar-refractivity contribution in [3.05, 3.63) is 27.8 Å². The van der Waals surface area contributed by atoms with Crippen LogP contribution in [0.15, 0.2) is 9.90 Å². The number of aliphatic carboxylic acids is 1. The van der Waals surface area contributed by atoms with Crippen LogP contribution in [0.1, 0.15) is 28.8 Å². The molecule has 7 heteroatoms. The third-order valence-corrected chi connectivity index (χ3v) is 3.01. The van der Waals surface area contributed by atoms with E-state index in [1.54, 1.807) is 11.3 Å². The van der Waals surface area contributed by atoms with Crippen LogP contribution in [0.3, 0.4) is 0 Å². The van der Waals surface area contributed by atoms with Gasteiger partial charge in [-0.1, -0.05) is 5.16 Å². The summed E-state index contributed by atoms with van der Waals surface area (Å²) in [4.78, 5) is 18.8. The molecule has 0 amide bonds. The van der Waals surface area contributed by atoms with Gasteiger partial charge in [0.15, 0.2) is 5.82 Å². The molecule has 90 valence electrons. The summed E-state index contributed by atoms with van der Waals surface area (Å²) in [5.41, 5.74) is 0.972. The van der Waals surface area contributed by atoms with E-state index in [1.165, 1.54) is 0 Å². The number of carbonyl (C=O) groups is 1. The standard InChI is InChI=1S/C10H11N3O3S/c1-6-5-17-9(11-6)4-7-12-8(16-13-7)2-3-10(14)15/h5H,2-4H2,1H3,(H,14,15). The molecule has 0 spiro atoms. The van der Waals surface area contributed by atoms with Crippen molar-refractivity contribution in [2.24, 2.45) is 0 Å². The van der Waals surface area contributed by atoms with Gasteiger partial charge in [-0.05, 0) is 6.92 Å². The molecule has 0 atom stereocenters. The Hall–Kier alpha value is -1.76. The minimum absolute atomic E-state index is 0.00199. The van der Waals surface area contributed by atoms with Crippen LogP contribution in [0, 0.1) is 6.92 Å². The summed E-state index contributed by atoms with van der Waals surface area (Å²) in [6.45, 7) is 1.93. The Morgan fingerprint density at radius 3 is 3.00 bits per heavy atom. The second kappa shape index (κ2) is 5.05. The number of thiazole rings is 1. The van der Waals surface area contributed by atoms with Crippen LogP contribution in [0.2, 0.25) is 0 Å². The van der Waals surface area contributed by atoms with Crippen molar-refractivity contribution in [3.8, 4) is 0 Å². The maximum Gasteiger partial charge on any atom is 0.303 e. The number of nitrogens with zero attached hydrogens (tertiary/aromatic N) is 3. The molecule has 1 N–H and O–H groups in total. The van der Waals surface area contributed by atoms with Gasteiger partial charge in [0.05, 0.1) is 12.8 Å². The number of hydrogen-bond acceptors (Lipinski definition) is 6. The molecule has 2 aromatic rings. The van der Waals surface area contributed by atoms with E-state index in [1.807, 2.05) is 12.3 Å². The molecule has 6 nitrogen and oxygen atoms in total. The summed E-state index contributed by atoms with van der Waals surface area (Å²) in [7, 11) is 0. The highest BCUT2D eigenvalue weighted by molar-refractivity contribution is 7.09. The average molecular weight is 253 g/mol. The molecule has 0 saturated heterocycles. The monoisotopic (exact) mass is 253 g/mol. The Bertz CT molecular complexity index is 520. The maximum atomic E-state index is 10.4. The van der Waals surface area contributed by atoms with Crippen molar-refractivity contribution < 1.29 is 14.4 Å². The van der Waals surface area contributed by atoms with Gasteiger partial charge in [0.25, 0.3) is 0 Å². The van der Waals surface area contributed by atoms with Crippen molar-refractivity contribution in [1.29, 1.82) is 0 Å². The topological polar surface area (TPSA) is 89.1 Å². The number of hydrogen-bond donors (Lipinski definition) is 1. The van der Waals surface area contributed by atoms with Crippen LogP contribution < -0.4 is 0 Å².